The van der Waals surface area contributed by atoms with E-state index in [1.807, 2.05) is 45.0 Å². The Hall–Kier alpha value is -1.44. The number of halogens is 1. The molecule has 0 unspecified atom stereocenters. The largest absolute Gasteiger partial charge is 0.224 e. The van der Waals surface area contributed by atoms with Crippen molar-refractivity contribution >= 4 is 10.8 Å². The smallest absolute Gasteiger partial charge is 0.213 e. The second-order valence-electron chi connectivity index (χ2n) is 2.75. The summed E-state index contributed by atoms with van der Waals surface area (Å²) in [6.45, 7) is 5.81. The van der Waals surface area contributed by atoms with Crippen LogP contribution in [0.3, 0.4) is 0 Å². The summed E-state index contributed by atoms with van der Waals surface area (Å²) in [7, 11) is 0. The van der Waals surface area contributed by atoms with Crippen LogP contribution < -0.4 is 0 Å². The molecule has 0 aliphatic heterocycles. The second kappa shape index (κ2) is 4.70. The number of benzene rings is 1. The third-order valence-electron chi connectivity index (χ3n) is 1.90. The molecule has 0 saturated carbocycles. The van der Waals surface area contributed by atoms with Crippen molar-refractivity contribution in [2.75, 3.05) is 0 Å². The van der Waals surface area contributed by atoms with Gasteiger partial charge >= 0.3 is 0 Å². The maximum Gasteiger partial charge on any atom is 0.213 e. The molecule has 1 nitrogen and oxygen atoms in total. The molecule has 14 heavy (non-hydrogen) atoms. The van der Waals surface area contributed by atoms with E-state index in [0.717, 1.165) is 16.5 Å². The fourth-order valence-corrected chi connectivity index (χ4v) is 1.33. The van der Waals surface area contributed by atoms with E-state index in [9.17, 15) is 4.39 Å². The van der Waals surface area contributed by atoms with Gasteiger partial charge in [-0.15, -0.1) is 0 Å². The summed E-state index contributed by atoms with van der Waals surface area (Å²) in [6.07, 6.45) is 0. The summed E-state index contributed by atoms with van der Waals surface area (Å²) >= 11 is 0. The molecule has 0 aliphatic rings. The molecule has 2 aromatic rings. The van der Waals surface area contributed by atoms with Gasteiger partial charge in [-0.05, 0) is 12.3 Å². The molecule has 74 valence electrons. The quantitative estimate of drug-likeness (QED) is 0.578. The molecule has 0 N–H and O–H groups in total. The van der Waals surface area contributed by atoms with E-state index >= 15 is 0 Å². The number of aryl methyl sites for hydroxylation is 1. The van der Waals surface area contributed by atoms with Crippen LogP contribution in [0.5, 0.6) is 0 Å². The maximum atomic E-state index is 12.8. The summed E-state index contributed by atoms with van der Waals surface area (Å²) < 4.78 is 12.8. The molecule has 2 heteroatoms. The Balaban J connectivity index is 0.000000461. The van der Waals surface area contributed by atoms with Gasteiger partial charge in [-0.1, -0.05) is 38.1 Å². The highest BCUT2D eigenvalue weighted by atomic mass is 19.1. The summed E-state index contributed by atoms with van der Waals surface area (Å²) in [5, 5.41) is 1.92. The molecule has 2 rings (SSSR count). The monoisotopic (exact) mass is 191 g/mol. The first-order valence-electron chi connectivity index (χ1n) is 4.79. The van der Waals surface area contributed by atoms with E-state index in [-0.39, 0.29) is 0 Å². The maximum absolute atomic E-state index is 12.8. The van der Waals surface area contributed by atoms with Crippen LogP contribution in [0.15, 0.2) is 30.3 Å². The molecule has 0 aliphatic carbocycles. The molecular weight excluding hydrogens is 177 g/mol. The Bertz CT molecular complexity index is 424. The van der Waals surface area contributed by atoms with Crippen LogP contribution in [0, 0.1) is 12.9 Å². The van der Waals surface area contributed by atoms with E-state index < -0.39 is 5.95 Å². The zero-order chi connectivity index (χ0) is 10.6. The van der Waals surface area contributed by atoms with Gasteiger partial charge in [-0.3, -0.25) is 0 Å². The minimum absolute atomic E-state index is 0.411. The molecular formula is C12H14FN. The molecule has 0 amide bonds. The number of pyridine rings is 1. The van der Waals surface area contributed by atoms with Crippen LogP contribution >= 0.6 is 0 Å². The Morgan fingerprint density at radius 2 is 1.79 bits per heavy atom. The van der Waals surface area contributed by atoms with Crippen LogP contribution in [0.1, 0.15) is 19.5 Å². The third-order valence-corrected chi connectivity index (χ3v) is 1.90. The van der Waals surface area contributed by atoms with E-state index in [1.54, 1.807) is 0 Å². The number of aromatic nitrogens is 1. The predicted molar refractivity (Wildman–Crippen MR) is 57.8 cm³/mol. The first-order valence-corrected chi connectivity index (χ1v) is 4.79. The summed E-state index contributed by atoms with van der Waals surface area (Å²) in [6, 6.07) is 9.09. The lowest BCUT2D eigenvalue weighted by atomic mass is 10.1. The molecule has 0 atom stereocenters. The zero-order valence-corrected chi connectivity index (χ0v) is 8.71. The van der Waals surface area contributed by atoms with Gasteiger partial charge in [-0.2, -0.15) is 4.39 Å². The Kier molecular flexibility index (Phi) is 3.57. The normalized spacial score (nSPS) is 9.43. The van der Waals surface area contributed by atoms with Crippen molar-refractivity contribution in [2.24, 2.45) is 0 Å². The lowest BCUT2D eigenvalue weighted by Gasteiger charge is -1.99. The zero-order valence-electron chi connectivity index (χ0n) is 8.71. The van der Waals surface area contributed by atoms with Gasteiger partial charge in [0.05, 0.1) is 0 Å². The number of fused-ring (bicyclic) bond motifs is 1. The second-order valence-corrected chi connectivity index (χ2v) is 2.75. The van der Waals surface area contributed by atoms with Gasteiger partial charge in [0, 0.05) is 17.1 Å². The van der Waals surface area contributed by atoms with Crippen molar-refractivity contribution < 1.29 is 4.39 Å². The van der Waals surface area contributed by atoms with Gasteiger partial charge < -0.3 is 0 Å². The molecule has 1 aromatic carbocycles. The number of hydrogen-bond donors (Lipinski definition) is 0. The van der Waals surface area contributed by atoms with E-state index in [4.69, 9.17) is 0 Å². The first kappa shape index (κ1) is 10.6. The number of hydrogen-bond acceptors (Lipinski definition) is 1. The highest BCUT2D eigenvalue weighted by Crippen LogP contribution is 2.16. The van der Waals surface area contributed by atoms with Gasteiger partial charge in [0.2, 0.25) is 5.95 Å². The highest BCUT2D eigenvalue weighted by Gasteiger charge is 1.99. The van der Waals surface area contributed by atoms with Crippen molar-refractivity contribution in [2.45, 2.75) is 20.8 Å². The Morgan fingerprint density at radius 3 is 2.50 bits per heavy atom. The summed E-state index contributed by atoms with van der Waals surface area (Å²) in [5.74, 6) is -0.411. The average Bonchev–Trinajstić information content (AvgIpc) is 2.20. The first-order chi connectivity index (χ1) is 6.77. The van der Waals surface area contributed by atoms with Crippen molar-refractivity contribution in [1.82, 2.24) is 4.98 Å². The minimum Gasteiger partial charge on any atom is -0.224 e. The lowest BCUT2D eigenvalue weighted by molar-refractivity contribution is 0.583. The van der Waals surface area contributed by atoms with Gasteiger partial charge in [0.25, 0.3) is 0 Å². The minimum atomic E-state index is -0.411. The Morgan fingerprint density at radius 1 is 1.14 bits per heavy atom. The summed E-state index contributed by atoms with van der Waals surface area (Å²) in [5.41, 5.74) is 0.741. The SMILES string of the molecule is CC.Cc1nc(F)cc2ccccc12. The van der Waals surface area contributed by atoms with Crippen molar-refractivity contribution in [3.8, 4) is 0 Å². The molecule has 0 spiro atoms. The topological polar surface area (TPSA) is 12.9 Å². The van der Waals surface area contributed by atoms with Crippen LogP contribution in [0.4, 0.5) is 4.39 Å². The van der Waals surface area contributed by atoms with Crippen LogP contribution in [0.2, 0.25) is 0 Å². The fraction of sp³-hybridized carbons (Fsp3) is 0.250. The number of rotatable bonds is 0. The van der Waals surface area contributed by atoms with Crippen LogP contribution in [-0.2, 0) is 0 Å². The Labute approximate surface area is 83.6 Å². The van der Waals surface area contributed by atoms with Gasteiger partial charge in [0.1, 0.15) is 0 Å². The molecule has 0 saturated heterocycles. The third kappa shape index (κ3) is 2.08. The van der Waals surface area contributed by atoms with Gasteiger partial charge in [0.15, 0.2) is 0 Å². The van der Waals surface area contributed by atoms with E-state index in [1.165, 1.54) is 6.07 Å². The highest BCUT2D eigenvalue weighted by molar-refractivity contribution is 5.84. The molecule has 1 heterocycles. The fourth-order valence-electron chi connectivity index (χ4n) is 1.33. The summed E-state index contributed by atoms with van der Waals surface area (Å²) in [4.78, 5) is 3.74. The van der Waals surface area contributed by atoms with Crippen LogP contribution in [0.25, 0.3) is 10.8 Å². The molecule has 0 bridgehead atoms. The predicted octanol–water partition coefficient (Wildman–Crippen LogP) is 3.71. The van der Waals surface area contributed by atoms with E-state index in [0.29, 0.717) is 0 Å². The van der Waals surface area contributed by atoms with Crippen molar-refractivity contribution in [3.05, 3.63) is 42.0 Å². The van der Waals surface area contributed by atoms with Crippen molar-refractivity contribution in [3.63, 3.8) is 0 Å². The lowest BCUT2D eigenvalue weighted by Crippen LogP contribution is -1.87. The van der Waals surface area contributed by atoms with Crippen LogP contribution in [-0.4, -0.2) is 4.98 Å². The van der Waals surface area contributed by atoms with Crippen molar-refractivity contribution in [1.29, 1.82) is 0 Å². The molecule has 1 aromatic heterocycles. The molecule has 0 radical (unpaired) electrons. The number of nitrogens with zero attached hydrogens (tertiary/aromatic N) is 1. The average molecular weight is 191 g/mol. The molecule has 0 fully saturated rings. The standard InChI is InChI=1S/C10H8FN.C2H6/c1-7-9-5-3-2-4-8(9)6-10(11)12-7;1-2/h2-6H,1H3;1-2H3. The van der Waals surface area contributed by atoms with E-state index in [2.05, 4.69) is 4.98 Å². The van der Waals surface area contributed by atoms with Gasteiger partial charge in [-0.25, -0.2) is 4.98 Å².